The van der Waals surface area contributed by atoms with Crippen molar-refractivity contribution in [2.45, 2.75) is 6.54 Å². The lowest BCUT2D eigenvalue weighted by Gasteiger charge is -2.18. The molecule has 1 N–H and O–H groups in total. The number of anilines is 1. The standard InChI is InChI=1S/C31H21FN4O4/c1-40-28-13-9-20(32)15-26(28)31(39)33-21-10-7-19(8-11-21)27-17-36(35-34-27)16-18-6-12-24-25(14-18)30(38)23-5-3-2-4-22(23)29(24)37/h2-15,17H,16H2,1H3,(H,33,39). The van der Waals surface area contributed by atoms with Gasteiger partial charge >= 0.3 is 0 Å². The number of methoxy groups -OCH3 is 1. The maximum Gasteiger partial charge on any atom is 0.259 e. The van der Waals surface area contributed by atoms with Crippen LogP contribution in [0.3, 0.4) is 0 Å². The molecule has 0 saturated carbocycles. The van der Waals surface area contributed by atoms with E-state index in [-0.39, 0.29) is 22.9 Å². The Kier molecular flexibility index (Phi) is 6.24. The number of ether oxygens (including phenoxy) is 1. The monoisotopic (exact) mass is 532 g/mol. The molecule has 8 nitrogen and oxygen atoms in total. The zero-order valence-electron chi connectivity index (χ0n) is 21.2. The van der Waals surface area contributed by atoms with Crippen molar-refractivity contribution < 1.29 is 23.5 Å². The molecule has 0 radical (unpaired) electrons. The highest BCUT2D eigenvalue weighted by atomic mass is 19.1. The van der Waals surface area contributed by atoms with E-state index in [1.807, 2.05) is 6.07 Å². The fourth-order valence-corrected chi connectivity index (χ4v) is 4.72. The smallest absolute Gasteiger partial charge is 0.259 e. The molecule has 0 fully saturated rings. The van der Waals surface area contributed by atoms with Gasteiger partial charge in [-0.05, 0) is 48.0 Å². The number of carbonyl (C=O) groups is 3. The van der Waals surface area contributed by atoms with Crippen LogP contribution in [-0.2, 0) is 6.54 Å². The average Bonchev–Trinajstić information content (AvgIpc) is 3.44. The second-order valence-corrected chi connectivity index (χ2v) is 9.26. The van der Waals surface area contributed by atoms with Crippen LogP contribution >= 0.6 is 0 Å². The molecule has 4 aromatic carbocycles. The number of fused-ring (bicyclic) bond motifs is 2. The molecule has 1 aliphatic carbocycles. The van der Waals surface area contributed by atoms with E-state index in [4.69, 9.17) is 4.74 Å². The minimum atomic E-state index is -0.537. The number of benzene rings is 4. The van der Waals surface area contributed by atoms with Crippen LogP contribution in [0.4, 0.5) is 10.1 Å². The first kappa shape index (κ1) is 24.9. The van der Waals surface area contributed by atoms with Crippen LogP contribution in [0.2, 0.25) is 0 Å². The lowest BCUT2D eigenvalue weighted by molar-refractivity contribution is 0.0979. The summed E-state index contributed by atoms with van der Waals surface area (Å²) in [6.45, 7) is 0.354. The van der Waals surface area contributed by atoms with E-state index in [0.29, 0.717) is 40.2 Å². The summed E-state index contributed by atoms with van der Waals surface area (Å²) in [7, 11) is 1.41. The van der Waals surface area contributed by atoms with E-state index < -0.39 is 11.7 Å². The zero-order chi connectivity index (χ0) is 27.8. The number of amides is 1. The van der Waals surface area contributed by atoms with Gasteiger partial charge in [-0.15, -0.1) is 5.10 Å². The highest BCUT2D eigenvalue weighted by Crippen LogP contribution is 2.28. The van der Waals surface area contributed by atoms with E-state index in [9.17, 15) is 18.8 Å². The molecule has 5 aromatic rings. The molecule has 9 heteroatoms. The highest BCUT2D eigenvalue weighted by molar-refractivity contribution is 6.28. The Morgan fingerprint density at radius 3 is 2.30 bits per heavy atom. The lowest BCUT2D eigenvalue weighted by Crippen LogP contribution is -2.21. The SMILES string of the molecule is COc1ccc(F)cc1C(=O)Nc1ccc(-c2cn(Cc3ccc4c(c3)C(=O)c3ccccc3C4=O)nn2)cc1. The molecule has 1 amide bonds. The Balaban J connectivity index is 1.16. The van der Waals surface area contributed by atoms with Crippen LogP contribution in [0.25, 0.3) is 11.3 Å². The van der Waals surface area contributed by atoms with Gasteiger partial charge in [0.2, 0.25) is 0 Å². The summed E-state index contributed by atoms with van der Waals surface area (Å²) in [5.74, 6) is -1.09. The Morgan fingerprint density at radius 2 is 1.57 bits per heavy atom. The van der Waals surface area contributed by atoms with E-state index in [2.05, 4.69) is 15.6 Å². The van der Waals surface area contributed by atoms with Crippen molar-refractivity contribution in [2.75, 3.05) is 12.4 Å². The summed E-state index contributed by atoms with van der Waals surface area (Å²) in [6, 6.07) is 22.8. The number of hydrogen-bond acceptors (Lipinski definition) is 6. The minimum absolute atomic E-state index is 0.0898. The third-order valence-electron chi connectivity index (χ3n) is 6.72. The van der Waals surface area contributed by atoms with Crippen LogP contribution < -0.4 is 10.1 Å². The van der Waals surface area contributed by atoms with Crippen molar-refractivity contribution in [2.24, 2.45) is 0 Å². The Labute approximate surface area is 228 Å². The van der Waals surface area contributed by atoms with Gasteiger partial charge in [0, 0.05) is 33.5 Å². The number of ketones is 2. The number of nitrogens with one attached hydrogen (secondary N) is 1. The Bertz CT molecular complexity index is 1810. The van der Waals surface area contributed by atoms with Crippen molar-refractivity contribution in [3.8, 4) is 17.0 Å². The fourth-order valence-electron chi connectivity index (χ4n) is 4.72. The number of aromatic nitrogens is 3. The van der Waals surface area contributed by atoms with Crippen molar-refractivity contribution >= 4 is 23.2 Å². The van der Waals surface area contributed by atoms with Crippen LogP contribution in [0.5, 0.6) is 5.75 Å². The van der Waals surface area contributed by atoms with Gasteiger partial charge in [0.25, 0.3) is 5.91 Å². The van der Waals surface area contributed by atoms with Crippen molar-refractivity contribution in [1.82, 2.24) is 15.0 Å². The summed E-state index contributed by atoms with van der Waals surface area (Å²) < 4.78 is 20.4. The van der Waals surface area contributed by atoms with E-state index in [0.717, 1.165) is 17.2 Å². The maximum absolute atomic E-state index is 13.6. The first-order valence-electron chi connectivity index (χ1n) is 12.4. The van der Waals surface area contributed by atoms with Gasteiger partial charge in [-0.2, -0.15) is 0 Å². The first-order valence-corrected chi connectivity index (χ1v) is 12.4. The molecule has 0 unspecified atom stereocenters. The van der Waals surface area contributed by atoms with Crippen molar-refractivity contribution in [3.05, 3.63) is 130 Å². The van der Waals surface area contributed by atoms with Gasteiger partial charge in [-0.1, -0.05) is 47.7 Å². The molecule has 0 aliphatic heterocycles. The molecule has 196 valence electrons. The number of carbonyl (C=O) groups excluding carboxylic acids is 3. The van der Waals surface area contributed by atoms with Crippen LogP contribution in [0, 0.1) is 5.82 Å². The van der Waals surface area contributed by atoms with E-state index in [1.165, 1.54) is 19.2 Å². The molecular weight excluding hydrogens is 511 g/mol. The summed E-state index contributed by atoms with van der Waals surface area (Å²) in [5.41, 5.74) is 4.42. The fraction of sp³-hybridized carbons (Fsp3) is 0.0645. The van der Waals surface area contributed by atoms with Gasteiger partial charge in [0.05, 0.1) is 25.4 Å². The number of rotatable bonds is 6. The zero-order valence-corrected chi connectivity index (χ0v) is 21.2. The van der Waals surface area contributed by atoms with E-state index >= 15 is 0 Å². The predicted octanol–water partition coefficient (Wildman–Crippen LogP) is 5.17. The van der Waals surface area contributed by atoms with Crippen molar-refractivity contribution in [3.63, 3.8) is 0 Å². The molecule has 0 saturated heterocycles. The third kappa shape index (κ3) is 4.54. The van der Waals surface area contributed by atoms with Crippen LogP contribution in [0.1, 0.15) is 47.8 Å². The average molecular weight is 533 g/mol. The minimum Gasteiger partial charge on any atom is -0.496 e. The molecule has 0 bridgehead atoms. The second-order valence-electron chi connectivity index (χ2n) is 9.26. The second kappa shape index (κ2) is 10.0. The largest absolute Gasteiger partial charge is 0.496 e. The summed E-state index contributed by atoms with van der Waals surface area (Å²) in [5, 5.41) is 11.2. The maximum atomic E-state index is 13.6. The topological polar surface area (TPSA) is 103 Å². The van der Waals surface area contributed by atoms with Gasteiger partial charge < -0.3 is 10.1 Å². The molecule has 1 heterocycles. The number of halogens is 1. The molecule has 0 atom stereocenters. The molecule has 1 aliphatic rings. The van der Waals surface area contributed by atoms with E-state index in [1.54, 1.807) is 71.5 Å². The predicted molar refractivity (Wildman–Crippen MR) is 145 cm³/mol. The molecular formula is C31H21FN4O4. The van der Waals surface area contributed by atoms with Crippen LogP contribution in [-0.4, -0.2) is 39.6 Å². The van der Waals surface area contributed by atoms with Gasteiger partial charge in [-0.3, -0.25) is 14.4 Å². The summed E-state index contributed by atoms with van der Waals surface area (Å²) in [4.78, 5) is 38.5. The third-order valence-corrected chi connectivity index (χ3v) is 6.72. The van der Waals surface area contributed by atoms with Gasteiger partial charge in [0.1, 0.15) is 17.3 Å². The Morgan fingerprint density at radius 1 is 0.875 bits per heavy atom. The molecule has 1 aromatic heterocycles. The summed E-state index contributed by atoms with van der Waals surface area (Å²) in [6.07, 6.45) is 1.77. The first-order chi connectivity index (χ1) is 19.4. The molecule has 0 spiro atoms. The van der Waals surface area contributed by atoms with Crippen molar-refractivity contribution in [1.29, 1.82) is 0 Å². The quantitative estimate of drug-likeness (QED) is 0.318. The number of hydrogen-bond donors (Lipinski definition) is 1. The van der Waals surface area contributed by atoms with Crippen LogP contribution in [0.15, 0.2) is 91.1 Å². The lowest BCUT2D eigenvalue weighted by atomic mass is 9.83. The normalized spacial score (nSPS) is 12.1. The molecule has 6 rings (SSSR count). The summed E-state index contributed by atoms with van der Waals surface area (Å²) >= 11 is 0. The highest BCUT2D eigenvalue weighted by Gasteiger charge is 2.29. The van der Waals surface area contributed by atoms with Gasteiger partial charge in [-0.25, -0.2) is 9.07 Å². The van der Waals surface area contributed by atoms with Gasteiger partial charge in [0.15, 0.2) is 11.6 Å². The molecule has 40 heavy (non-hydrogen) atoms. The number of nitrogens with zero attached hydrogens (tertiary/aromatic N) is 3. The Hall–Kier alpha value is -5.44.